The van der Waals surface area contributed by atoms with Crippen LogP contribution in [0.1, 0.15) is 5.56 Å². The lowest BCUT2D eigenvalue weighted by molar-refractivity contribution is -0.115. The van der Waals surface area contributed by atoms with Crippen LogP contribution in [0.2, 0.25) is 0 Å². The van der Waals surface area contributed by atoms with Gasteiger partial charge in [-0.25, -0.2) is 4.98 Å². The van der Waals surface area contributed by atoms with Crippen LogP contribution >= 0.6 is 15.9 Å². The number of carbonyl (C=O) groups is 1. The number of hydrogen-bond acceptors (Lipinski definition) is 2. The average molecular weight is 309 g/mol. The highest BCUT2D eigenvalue weighted by atomic mass is 79.9. The van der Waals surface area contributed by atoms with Gasteiger partial charge in [-0.1, -0.05) is 28.1 Å². The standard InChI is InChI=1S/C13H10BrFN2O/c14-10-3-1-2-9(6-10)7-13(18)17-11-4-5-12(15)16-8-11/h1-6,8H,7H2,(H,17,18). The van der Waals surface area contributed by atoms with E-state index in [1.165, 1.54) is 18.3 Å². The Labute approximate surface area is 112 Å². The number of aromatic nitrogens is 1. The lowest BCUT2D eigenvalue weighted by Gasteiger charge is -2.05. The minimum absolute atomic E-state index is 0.165. The van der Waals surface area contributed by atoms with Crippen LogP contribution in [0.3, 0.4) is 0 Å². The van der Waals surface area contributed by atoms with Gasteiger partial charge < -0.3 is 5.32 Å². The number of benzene rings is 1. The summed E-state index contributed by atoms with van der Waals surface area (Å²) in [5.41, 5.74) is 1.38. The fraction of sp³-hybridized carbons (Fsp3) is 0.0769. The fourth-order valence-electron chi connectivity index (χ4n) is 1.49. The zero-order valence-corrected chi connectivity index (χ0v) is 10.9. The minimum Gasteiger partial charge on any atom is -0.324 e. The quantitative estimate of drug-likeness (QED) is 0.885. The van der Waals surface area contributed by atoms with Gasteiger partial charge in [-0.15, -0.1) is 0 Å². The molecule has 0 aliphatic carbocycles. The van der Waals surface area contributed by atoms with Crippen LogP contribution in [-0.4, -0.2) is 10.9 Å². The Bertz CT molecular complexity index is 557. The van der Waals surface area contributed by atoms with Crippen LogP contribution in [0.5, 0.6) is 0 Å². The van der Waals surface area contributed by atoms with Gasteiger partial charge in [0.2, 0.25) is 11.9 Å². The smallest absolute Gasteiger partial charge is 0.228 e. The molecule has 0 saturated heterocycles. The van der Waals surface area contributed by atoms with Gasteiger partial charge in [0.15, 0.2) is 0 Å². The molecule has 0 aliphatic heterocycles. The van der Waals surface area contributed by atoms with Crippen molar-refractivity contribution < 1.29 is 9.18 Å². The monoisotopic (exact) mass is 308 g/mol. The number of halogens is 2. The SMILES string of the molecule is O=C(Cc1cccc(Br)c1)Nc1ccc(F)nc1. The van der Waals surface area contributed by atoms with E-state index in [1.54, 1.807) is 0 Å². The number of anilines is 1. The van der Waals surface area contributed by atoms with E-state index in [2.05, 4.69) is 26.2 Å². The maximum absolute atomic E-state index is 12.6. The number of hydrogen-bond donors (Lipinski definition) is 1. The molecule has 0 bridgehead atoms. The highest BCUT2D eigenvalue weighted by Gasteiger charge is 2.04. The molecule has 0 saturated carbocycles. The zero-order chi connectivity index (χ0) is 13.0. The van der Waals surface area contributed by atoms with Crippen molar-refractivity contribution in [2.24, 2.45) is 0 Å². The Morgan fingerprint density at radius 3 is 2.83 bits per heavy atom. The zero-order valence-electron chi connectivity index (χ0n) is 9.36. The summed E-state index contributed by atoms with van der Waals surface area (Å²) in [7, 11) is 0. The number of nitrogens with one attached hydrogen (secondary N) is 1. The minimum atomic E-state index is -0.569. The molecule has 1 heterocycles. The molecular formula is C13H10BrFN2O. The second-order valence-electron chi connectivity index (χ2n) is 3.72. The van der Waals surface area contributed by atoms with E-state index < -0.39 is 5.95 Å². The highest BCUT2D eigenvalue weighted by Crippen LogP contribution is 2.13. The van der Waals surface area contributed by atoms with Gasteiger partial charge >= 0.3 is 0 Å². The third-order valence-electron chi connectivity index (χ3n) is 2.26. The molecule has 0 atom stereocenters. The third kappa shape index (κ3) is 3.63. The van der Waals surface area contributed by atoms with E-state index in [1.807, 2.05) is 24.3 Å². The summed E-state index contributed by atoms with van der Waals surface area (Å²) in [4.78, 5) is 15.2. The van der Waals surface area contributed by atoms with E-state index in [0.29, 0.717) is 5.69 Å². The molecule has 1 aromatic heterocycles. The predicted octanol–water partition coefficient (Wildman–Crippen LogP) is 3.16. The first-order valence-corrected chi connectivity index (χ1v) is 6.08. The third-order valence-corrected chi connectivity index (χ3v) is 2.76. The second-order valence-corrected chi connectivity index (χ2v) is 4.64. The van der Waals surface area contributed by atoms with E-state index >= 15 is 0 Å². The van der Waals surface area contributed by atoms with Gasteiger partial charge in [0.1, 0.15) is 0 Å². The molecule has 92 valence electrons. The van der Waals surface area contributed by atoms with Gasteiger partial charge in [-0.2, -0.15) is 4.39 Å². The lowest BCUT2D eigenvalue weighted by Crippen LogP contribution is -2.14. The van der Waals surface area contributed by atoms with Gasteiger partial charge in [0, 0.05) is 4.47 Å². The first kappa shape index (κ1) is 12.7. The molecule has 2 aromatic rings. The topological polar surface area (TPSA) is 42.0 Å². The Hall–Kier alpha value is -1.75. The Morgan fingerprint density at radius 2 is 2.17 bits per heavy atom. The first-order chi connectivity index (χ1) is 8.63. The summed E-state index contributed by atoms with van der Waals surface area (Å²) < 4.78 is 13.5. The number of carbonyl (C=O) groups excluding carboxylic acids is 1. The van der Waals surface area contributed by atoms with Crippen LogP contribution in [0.4, 0.5) is 10.1 Å². The number of amides is 1. The van der Waals surface area contributed by atoms with Crippen molar-refractivity contribution in [1.29, 1.82) is 0 Å². The van der Waals surface area contributed by atoms with Crippen molar-refractivity contribution in [2.45, 2.75) is 6.42 Å². The van der Waals surface area contributed by atoms with Crippen molar-refractivity contribution in [1.82, 2.24) is 4.98 Å². The summed E-state index contributed by atoms with van der Waals surface area (Å²) in [5.74, 6) is -0.735. The number of nitrogens with zero attached hydrogens (tertiary/aromatic N) is 1. The summed E-state index contributed by atoms with van der Waals surface area (Å²) in [6.07, 6.45) is 1.55. The summed E-state index contributed by atoms with van der Waals surface area (Å²) in [5, 5.41) is 2.65. The Kier molecular flexibility index (Phi) is 4.04. The van der Waals surface area contributed by atoms with Crippen LogP contribution in [0, 0.1) is 5.95 Å². The molecule has 5 heteroatoms. The van der Waals surface area contributed by atoms with Crippen molar-refractivity contribution in [3.8, 4) is 0 Å². The molecular weight excluding hydrogens is 299 g/mol. The number of rotatable bonds is 3. The van der Waals surface area contributed by atoms with Gasteiger partial charge in [-0.3, -0.25) is 4.79 Å². The summed E-state index contributed by atoms with van der Waals surface area (Å²) in [6.45, 7) is 0. The van der Waals surface area contributed by atoms with Crippen molar-refractivity contribution in [3.63, 3.8) is 0 Å². The normalized spacial score (nSPS) is 10.1. The van der Waals surface area contributed by atoms with Crippen LogP contribution in [-0.2, 0) is 11.2 Å². The molecule has 0 unspecified atom stereocenters. The Morgan fingerprint density at radius 1 is 1.33 bits per heavy atom. The molecule has 3 nitrogen and oxygen atoms in total. The van der Waals surface area contributed by atoms with Gasteiger partial charge in [-0.05, 0) is 29.8 Å². The van der Waals surface area contributed by atoms with Gasteiger partial charge in [0.25, 0.3) is 0 Å². The molecule has 0 spiro atoms. The Balaban J connectivity index is 1.98. The number of pyridine rings is 1. The van der Waals surface area contributed by atoms with Crippen LogP contribution < -0.4 is 5.32 Å². The van der Waals surface area contributed by atoms with Crippen molar-refractivity contribution in [2.75, 3.05) is 5.32 Å². The molecule has 0 fully saturated rings. The largest absolute Gasteiger partial charge is 0.324 e. The molecule has 0 radical (unpaired) electrons. The first-order valence-electron chi connectivity index (χ1n) is 5.29. The molecule has 0 aliphatic rings. The van der Waals surface area contributed by atoms with Gasteiger partial charge in [0.05, 0.1) is 18.3 Å². The molecule has 18 heavy (non-hydrogen) atoms. The second kappa shape index (κ2) is 5.73. The maximum atomic E-state index is 12.6. The maximum Gasteiger partial charge on any atom is 0.228 e. The summed E-state index contributed by atoms with van der Waals surface area (Å²) >= 11 is 3.34. The average Bonchev–Trinajstić information content (AvgIpc) is 2.32. The van der Waals surface area contributed by atoms with E-state index in [-0.39, 0.29) is 12.3 Å². The van der Waals surface area contributed by atoms with Crippen molar-refractivity contribution in [3.05, 3.63) is 58.6 Å². The van der Waals surface area contributed by atoms with Crippen LogP contribution in [0.15, 0.2) is 47.1 Å². The fourth-order valence-corrected chi connectivity index (χ4v) is 1.93. The van der Waals surface area contributed by atoms with Crippen molar-refractivity contribution >= 4 is 27.5 Å². The highest BCUT2D eigenvalue weighted by molar-refractivity contribution is 9.10. The van der Waals surface area contributed by atoms with E-state index in [0.717, 1.165) is 10.0 Å². The molecule has 2 rings (SSSR count). The molecule has 1 amide bonds. The van der Waals surface area contributed by atoms with E-state index in [4.69, 9.17) is 0 Å². The summed E-state index contributed by atoms with van der Waals surface area (Å²) in [6, 6.07) is 10.2. The van der Waals surface area contributed by atoms with Crippen LogP contribution in [0.25, 0.3) is 0 Å². The lowest BCUT2D eigenvalue weighted by atomic mass is 10.1. The molecule has 1 aromatic carbocycles. The predicted molar refractivity (Wildman–Crippen MR) is 70.7 cm³/mol. The molecule has 1 N–H and O–H groups in total. The van der Waals surface area contributed by atoms with E-state index in [9.17, 15) is 9.18 Å².